The van der Waals surface area contributed by atoms with Crippen molar-refractivity contribution < 1.29 is 4.74 Å². The number of nitrogen functional groups attached to an aromatic ring is 1. The number of fused-ring (bicyclic) bond motifs is 1. The molecule has 1 aromatic carbocycles. The third kappa shape index (κ3) is 3.19. The number of hydrogen-bond donors (Lipinski definition) is 1. The Morgan fingerprint density at radius 3 is 2.61 bits per heavy atom. The van der Waals surface area contributed by atoms with E-state index in [1.165, 1.54) is 6.20 Å². The maximum Gasteiger partial charge on any atom is 0.318 e. The number of para-hydroxylation sites is 1. The van der Waals surface area contributed by atoms with Gasteiger partial charge < -0.3 is 10.5 Å². The first-order valence-electron chi connectivity index (χ1n) is 8.65. The zero-order chi connectivity index (χ0) is 19.5. The zero-order valence-electron chi connectivity index (χ0n) is 15.1. The number of nitrogens with zero attached hydrogens (tertiary/aromatic N) is 5. The average molecular weight is 368 g/mol. The molecule has 0 fully saturated rings. The van der Waals surface area contributed by atoms with Gasteiger partial charge in [-0.2, -0.15) is 10.2 Å². The zero-order valence-corrected chi connectivity index (χ0v) is 15.1. The van der Waals surface area contributed by atoms with Crippen molar-refractivity contribution >= 4 is 16.7 Å². The normalized spacial score (nSPS) is 11.7. The van der Waals surface area contributed by atoms with Gasteiger partial charge in [-0.05, 0) is 25.1 Å². The Balaban J connectivity index is 1.80. The van der Waals surface area contributed by atoms with Crippen molar-refractivity contribution in [3.05, 3.63) is 72.2 Å². The third-order valence-corrected chi connectivity index (χ3v) is 4.36. The number of hydrogen-bond acceptors (Lipinski definition) is 7. The number of aromatic nitrogens is 4. The van der Waals surface area contributed by atoms with Crippen molar-refractivity contribution in [2.45, 2.75) is 13.0 Å². The Kier molecular flexibility index (Phi) is 4.52. The summed E-state index contributed by atoms with van der Waals surface area (Å²) in [6.45, 7) is 1.88. The first-order chi connectivity index (χ1) is 13.7. The van der Waals surface area contributed by atoms with Crippen LogP contribution in [0, 0.1) is 11.3 Å². The summed E-state index contributed by atoms with van der Waals surface area (Å²) in [5.74, 6) is 0.0845. The monoisotopic (exact) mass is 368 g/mol. The predicted octanol–water partition coefficient (Wildman–Crippen LogP) is 3.68. The number of ether oxygens (including phenoxy) is 1. The van der Waals surface area contributed by atoms with Gasteiger partial charge in [0, 0.05) is 28.9 Å². The van der Waals surface area contributed by atoms with Gasteiger partial charge in [0.15, 0.2) is 0 Å². The largest absolute Gasteiger partial charge is 0.455 e. The van der Waals surface area contributed by atoms with Crippen LogP contribution in [0.3, 0.4) is 0 Å². The molecular weight excluding hydrogens is 352 g/mol. The van der Waals surface area contributed by atoms with Crippen molar-refractivity contribution in [2.75, 3.05) is 5.73 Å². The predicted molar refractivity (Wildman–Crippen MR) is 105 cm³/mol. The number of benzene rings is 1. The van der Waals surface area contributed by atoms with Gasteiger partial charge in [-0.1, -0.05) is 24.3 Å². The van der Waals surface area contributed by atoms with Crippen LogP contribution in [0.15, 0.2) is 61.1 Å². The summed E-state index contributed by atoms with van der Waals surface area (Å²) < 4.78 is 5.91. The lowest BCUT2D eigenvalue weighted by Gasteiger charge is -2.18. The average Bonchev–Trinajstić information content (AvgIpc) is 2.73. The summed E-state index contributed by atoms with van der Waals surface area (Å²) in [5, 5.41) is 9.95. The van der Waals surface area contributed by atoms with Crippen LogP contribution >= 0.6 is 0 Å². The lowest BCUT2D eigenvalue weighted by molar-refractivity contribution is 0.208. The summed E-state index contributed by atoms with van der Waals surface area (Å²) in [6, 6.07) is 15.7. The molecule has 28 heavy (non-hydrogen) atoms. The van der Waals surface area contributed by atoms with Crippen molar-refractivity contribution in [1.82, 2.24) is 19.9 Å². The van der Waals surface area contributed by atoms with E-state index in [1.807, 2.05) is 55.5 Å². The molecule has 2 N–H and O–H groups in total. The molecule has 4 aromatic rings. The first kappa shape index (κ1) is 17.4. The van der Waals surface area contributed by atoms with Crippen LogP contribution in [0.4, 0.5) is 5.82 Å². The molecule has 0 saturated heterocycles. The molecule has 7 nitrogen and oxygen atoms in total. The van der Waals surface area contributed by atoms with Gasteiger partial charge >= 0.3 is 6.01 Å². The number of nitriles is 1. The van der Waals surface area contributed by atoms with Gasteiger partial charge in [0.2, 0.25) is 0 Å². The topological polar surface area (TPSA) is 111 Å². The van der Waals surface area contributed by atoms with E-state index in [4.69, 9.17) is 15.7 Å². The minimum atomic E-state index is -0.415. The summed E-state index contributed by atoms with van der Waals surface area (Å²) in [4.78, 5) is 17.2. The highest BCUT2D eigenvalue weighted by atomic mass is 16.5. The van der Waals surface area contributed by atoms with E-state index in [9.17, 15) is 0 Å². The molecule has 7 heteroatoms. The first-order valence-corrected chi connectivity index (χ1v) is 8.65. The van der Waals surface area contributed by atoms with Crippen molar-refractivity contribution in [2.24, 2.45) is 0 Å². The van der Waals surface area contributed by atoms with E-state index in [2.05, 4.69) is 19.9 Å². The van der Waals surface area contributed by atoms with Crippen LogP contribution in [-0.4, -0.2) is 19.9 Å². The second kappa shape index (κ2) is 7.29. The summed E-state index contributed by atoms with van der Waals surface area (Å²) in [7, 11) is 0. The van der Waals surface area contributed by atoms with E-state index in [0.29, 0.717) is 0 Å². The molecule has 4 rings (SSSR count). The standard InChI is InChI=1S/C21H16N6O/c1-13(28-21-26-11-14(10-22)20(23)27-21)16-12-25-17-7-3-2-6-15(17)19(16)18-8-4-5-9-24-18/h2-9,11-13H,1H3,(H2,23,26,27)/t13-/m1/s1. The van der Waals surface area contributed by atoms with Crippen molar-refractivity contribution in [3.63, 3.8) is 0 Å². The lowest BCUT2D eigenvalue weighted by atomic mass is 9.97. The molecule has 0 aliphatic heterocycles. The molecule has 136 valence electrons. The van der Waals surface area contributed by atoms with Gasteiger partial charge in [0.25, 0.3) is 0 Å². The quantitative estimate of drug-likeness (QED) is 0.585. The van der Waals surface area contributed by atoms with E-state index in [-0.39, 0.29) is 17.4 Å². The summed E-state index contributed by atoms with van der Waals surface area (Å²) in [5.41, 5.74) is 9.47. The Labute approximate surface area is 161 Å². The second-order valence-corrected chi connectivity index (χ2v) is 6.14. The fraction of sp³-hybridized carbons (Fsp3) is 0.0952. The molecule has 1 atom stereocenters. The van der Waals surface area contributed by atoms with E-state index in [0.717, 1.165) is 27.7 Å². The van der Waals surface area contributed by atoms with E-state index < -0.39 is 6.10 Å². The highest BCUT2D eigenvalue weighted by Crippen LogP contribution is 2.34. The highest BCUT2D eigenvalue weighted by Gasteiger charge is 2.19. The van der Waals surface area contributed by atoms with E-state index >= 15 is 0 Å². The second-order valence-electron chi connectivity index (χ2n) is 6.14. The molecule has 0 aliphatic carbocycles. The third-order valence-electron chi connectivity index (χ3n) is 4.36. The number of anilines is 1. The van der Waals surface area contributed by atoms with Crippen molar-refractivity contribution in [1.29, 1.82) is 5.26 Å². The van der Waals surface area contributed by atoms with Gasteiger partial charge in [-0.25, -0.2) is 4.98 Å². The van der Waals surface area contributed by atoms with Gasteiger partial charge in [-0.3, -0.25) is 9.97 Å². The number of pyridine rings is 2. The Hall–Kier alpha value is -4.05. The molecule has 3 heterocycles. The summed E-state index contributed by atoms with van der Waals surface area (Å²) in [6.07, 6.45) is 4.47. The smallest absolute Gasteiger partial charge is 0.318 e. The van der Waals surface area contributed by atoms with Crippen LogP contribution in [0.5, 0.6) is 6.01 Å². The fourth-order valence-corrected chi connectivity index (χ4v) is 3.00. The summed E-state index contributed by atoms with van der Waals surface area (Å²) >= 11 is 0. The minimum absolute atomic E-state index is 0.0845. The van der Waals surface area contributed by atoms with Gasteiger partial charge in [0.05, 0.1) is 17.4 Å². The van der Waals surface area contributed by atoms with Crippen LogP contribution in [-0.2, 0) is 0 Å². The minimum Gasteiger partial charge on any atom is -0.455 e. The molecule has 0 bridgehead atoms. The molecule has 3 aromatic heterocycles. The SMILES string of the molecule is C[C@@H](Oc1ncc(C#N)c(N)n1)c1cnc2ccccc2c1-c1ccccn1. The van der Waals surface area contributed by atoms with Crippen LogP contribution in [0.1, 0.15) is 24.2 Å². The number of rotatable bonds is 4. The maximum atomic E-state index is 8.97. The lowest BCUT2D eigenvalue weighted by Crippen LogP contribution is -2.10. The Bertz CT molecular complexity index is 1190. The Morgan fingerprint density at radius 1 is 1.04 bits per heavy atom. The van der Waals surface area contributed by atoms with Crippen LogP contribution in [0.25, 0.3) is 22.2 Å². The highest BCUT2D eigenvalue weighted by molar-refractivity contribution is 5.95. The Morgan fingerprint density at radius 2 is 1.86 bits per heavy atom. The molecule has 0 unspecified atom stereocenters. The fourth-order valence-electron chi connectivity index (χ4n) is 3.00. The van der Waals surface area contributed by atoms with Crippen LogP contribution in [0.2, 0.25) is 0 Å². The molecule has 0 aliphatic rings. The number of nitrogens with two attached hydrogens (primary N) is 1. The maximum absolute atomic E-state index is 8.97. The molecule has 0 saturated carbocycles. The molecule has 0 spiro atoms. The molecule has 0 amide bonds. The van der Waals surface area contributed by atoms with Crippen LogP contribution < -0.4 is 10.5 Å². The molecular formula is C21H16N6O. The van der Waals surface area contributed by atoms with Gasteiger partial charge in [0.1, 0.15) is 23.6 Å². The molecule has 0 radical (unpaired) electrons. The van der Waals surface area contributed by atoms with E-state index in [1.54, 1.807) is 12.4 Å². The van der Waals surface area contributed by atoms with Crippen molar-refractivity contribution in [3.8, 4) is 23.3 Å². The van der Waals surface area contributed by atoms with Gasteiger partial charge in [-0.15, -0.1) is 0 Å².